The predicted molar refractivity (Wildman–Crippen MR) is 86.6 cm³/mol. The van der Waals surface area contributed by atoms with Crippen LogP contribution in [0.2, 0.25) is 0 Å². The smallest absolute Gasteiger partial charge is 0.259 e. The van der Waals surface area contributed by atoms with Crippen LogP contribution in [0.25, 0.3) is 0 Å². The fourth-order valence-electron chi connectivity index (χ4n) is 3.49. The molecule has 0 atom stereocenters. The SMILES string of the molecule is CCC1(CC)CCCN(C(=O)c2cnc(C3CC3)nc2N)C1. The number of hydrogen-bond donors (Lipinski definition) is 1. The summed E-state index contributed by atoms with van der Waals surface area (Å²) in [5.41, 5.74) is 6.76. The Hall–Kier alpha value is -1.65. The molecule has 2 heterocycles. The van der Waals surface area contributed by atoms with Gasteiger partial charge in [-0.15, -0.1) is 0 Å². The third kappa shape index (κ3) is 2.81. The summed E-state index contributed by atoms with van der Waals surface area (Å²) in [5, 5.41) is 0. The monoisotopic (exact) mass is 302 g/mol. The summed E-state index contributed by atoms with van der Waals surface area (Å²) < 4.78 is 0. The van der Waals surface area contributed by atoms with E-state index < -0.39 is 0 Å². The van der Waals surface area contributed by atoms with Gasteiger partial charge in [-0.25, -0.2) is 9.97 Å². The van der Waals surface area contributed by atoms with E-state index in [-0.39, 0.29) is 11.3 Å². The summed E-state index contributed by atoms with van der Waals surface area (Å²) in [6.45, 7) is 6.08. The van der Waals surface area contributed by atoms with Crippen molar-refractivity contribution in [2.24, 2.45) is 5.41 Å². The maximum absolute atomic E-state index is 12.8. The van der Waals surface area contributed by atoms with Gasteiger partial charge in [-0.05, 0) is 43.9 Å². The molecule has 2 N–H and O–H groups in total. The van der Waals surface area contributed by atoms with Gasteiger partial charge < -0.3 is 10.6 Å². The van der Waals surface area contributed by atoms with Crippen LogP contribution in [-0.4, -0.2) is 33.9 Å². The lowest BCUT2D eigenvalue weighted by Gasteiger charge is -2.42. The lowest BCUT2D eigenvalue weighted by atomic mass is 9.75. The fourth-order valence-corrected chi connectivity index (χ4v) is 3.49. The second-order valence-electron chi connectivity index (χ2n) is 6.84. The lowest BCUT2D eigenvalue weighted by molar-refractivity contribution is 0.0488. The van der Waals surface area contributed by atoms with Gasteiger partial charge in [-0.3, -0.25) is 4.79 Å². The van der Waals surface area contributed by atoms with Crippen molar-refractivity contribution < 1.29 is 4.79 Å². The van der Waals surface area contributed by atoms with Gasteiger partial charge in [-0.1, -0.05) is 13.8 Å². The number of aromatic nitrogens is 2. The molecule has 0 spiro atoms. The zero-order chi connectivity index (χ0) is 15.7. The molecule has 0 aromatic carbocycles. The Labute approximate surface area is 132 Å². The Morgan fingerprint density at radius 3 is 2.73 bits per heavy atom. The number of carbonyl (C=O) groups is 1. The molecular weight excluding hydrogens is 276 g/mol. The normalized spacial score (nSPS) is 20.9. The van der Waals surface area contributed by atoms with Crippen LogP contribution in [0, 0.1) is 5.41 Å². The van der Waals surface area contributed by atoms with Crippen LogP contribution in [0.15, 0.2) is 6.20 Å². The van der Waals surface area contributed by atoms with E-state index in [0.29, 0.717) is 17.3 Å². The summed E-state index contributed by atoms with van der Waals surface area (Å²) >= 11 is 0. The van der Waals surface area contributed by atoms with Crippen molar-refractivity contribution in [1.82, 2.24) is 14.9 Å². The van der Waals surface area contributed by atoms with Gasteiger partial charge in [0, 0.05) is 25.2 Å². The molecule has 2 fully saturated rings. The third-order valence-corrected chi connectivity index (χ3v) is 5.46. The summed E-state index contributed by atoms with van der Waals surface area (Å²) in [7, 11) is 0. The minimum Gasteiger partial charge on any atom is -0.383 e. The number of likely N-dealkylation sites (tertiary alicyclic amines) is 1. The highest BCUT2D eigenvalue weighted by Crippen LogP contribution is 2.39. The average molecular weight is 302 g/mol. The minimum absolute atomic E-state index is 0.00850. The third-order valence-electron chi connectivity index (χ3n) is 5.46. The number of hydrogen-bond acceptors (Lipinski definition) is 4. The van der Waals surface area contributed by atoms with E-state index in [2.05, 4.69) is 23.8 Å². The van der Waals surface area contributed by atoms with Crippen molar-refractivity contribution in [3.05, 3.63) is 17.6 Å². The molecule has 1 saturated heterocycles. The molecule has 1 aliphatic carbocycles. The molecule has 0 radical (unpaired) electrons. The second-order valence-corrected chi connectivity index (χ2v) is 6.84. The second kappa shape index (κ2) is 5.86. The van der Waals surface area contributed by atoms with E-state index in [4.69, 9.17) is 5.73 Å². The van der Waals surface area contributed by atoms with Gasteiger partial charge in [0.1, 0.15) is 17.2 Å². The molecule has 1 aliphatic heterocycles. The van der Waals surface area contributed by atoms with Gasteiger partial charge in [-0.2, -0.15) is 0 Å². The zero-order valence-corrected chi connectivity index (χ0v) is 13.6. The summed E-state index contributed by atoms with van der Waals surface area (Å²) in [6, 6.07) is 0. The van der Waals surface area contributed by atoms with Crippen molar-refractivity contribution in [3.8, 4) is 0 Å². The Bertz CT molecular complexity index is 564. The number of amides is 1. The van der Waals surface area contributed by atoms with Gasteiger partial charge in [0.15, 0.2) is 0 Å². The van der Waals surface area contributed by atoms with E-state index >= 15 is 0 Å². The Morgan fingerprint density at radius 1 is 1.41 bits per heavy atom. The van der Waals surface area contributed by atoms with Crippen molar-refractivity contribution >= 4 is 11.7 Å². The maximum atomic E-state index is 12.8. The molecule has 1 saturated carbocycles. The molecule has 22 heavy (non-hydrogen) atoms. The van der Waals surface area contributed by atoms with Crippen LogP contribution in [0.5, 0.6) is 0 Å². The first-order chi connectivity index (χ1) is 10.6. The van der Waals surface area contributed by atoms with Crippen LogP contribution < -0.4 is 5.73 Å². The number of piperidine rings is 1. The van der Waals surface area contributed by atoms with E-state index in [0.717, 1.165) is 51.0 Å². The Kier molecular flexibility index (Phi) is 4.06. The van der Waals surface area contributed by atoms with E-state index in [1.54, 1.807) is 6.20 Å². The first-order valence-corrected chi connectivity index (χ1v) is 8.50. The minimum atomic E-state index is -0.00850. The van der Waals surface area contributed by atoms with Gasteiger partial charge in [0.05, 0.1) is 0 Å². The molecule has 120 valence electrons. The molecule has 1 aromatic heterocycles. The molecule has 1 aromatic rings. The maximum Gasteiger partial charge on any atom is 0.259 e. The number of nitrogens with two attached hydrogens (primary N) is 1. The first kappa shape index (κ1) is 15.3. The lowest BCUT2D eigenvalue weighted by Crippen LogP contribution is -2.46. The first-order valence-electron chi connectivity index (χ1n) is 8.50. The van der Waals surface area contributed by atoms with Crippen LogP contribution in [0.1, 0.15) is 74.5 Å². The van der Waals surface area contributed by atoms with E-state index in [9.17, 15) is 4.79 Å². The Balaban J connectivity index is 1.78. The van der Waals surface area contributed by atoms with Gasteiger partial charge in [0.25, 0.3) is 5.91 Å². The van der Waals surface area contributed by atoms with Crippen LogP contribution in [0.4, 0.5) is 5.82 Å². The molecule has 5 nitrogen and oxygen atoms in total. The average Bonchev–Trinajstić information content (AvgIpc) is 3.39. The molecular formula is C17H26N4O. The molecule has 0 bridgehead atoms. The standard InChI is InChI=1S/C17H26N4O/c1-3-17(4-2)8-5-9-21(11-17)16(22)13-10-19-15(12-6-7-12)20-14(13)18/h10,12H,3-9,11H2,1-2H3,(H2,18,19,20). The van der Waals surface area contributed by atoms with Crippen molar-refractivity contribution in [1.29, 1.82) is 0 Å². The van der Waals surface area contributed by atoms with Gasteiger partial charge in [0.2, 0.25) is 0 Å². The summed E-state index contributed by atoms with van der Waals surface area (Å²) in [5.74, 6) is 1.58. The van der Waals surface area contributed by atoms with E-state index in [1.165, 1.54) is 6.42 Å². The summed E-state index contributed by atoms with van der Waals surface area (Å²) in [6.07, 6.45) is 8.39. The quantitative estimate of drug-likeness (QED) is 0.928. The molecule has 5 heteroatoms. The number of nitrogens with zero attached hydrogens (tertiary/aromatic N) is 3. The Morgan fingerprint density at radius 2 is 2.14 bits per heavy atom. The summed E-state index contributed by atoms with van der Waals surface area (Å²) in [4.78, 5) is 23.5. The largest absolute Gasteiger partial charge is 0.383 e. The van der Waals surface area contributed by atoms with Crippen molar-refractivity contribution in [2.45, 2.75) is 58.3 Å². The molecule has 3 rings (SSSR count). The zero-order valence-electron chi connectivity index (χ0n) is 13.6. The van der Waals surface area contributed by atoms with Crippen LogP contribution >= 0.6 is 0 Å². The number of carbonyl (C=O) groups excluding carboxylic acids is 1. The number of nitrogen functional groups attached to an aromatic ring is 1. The fraction of sp³-hybridized carbons (Fsp3) is 0.706. The van der Waals surface area contributed by atoms with Crippen molar-refractivity contribution in [3.63, 3.8) is 0 Å². The topological polar surface area (TPSA) is 72.1 Å². The highest BCUT2D eigenvalue weighted by atomic mass is 16.2. The number of anilines is 1. The van der Waals surface area contributed by atoms with Crippen LogP contribution in [-0.2, 0) is 0 Å². The van der Waals surface area contributed by atoms with Crippen LogP contribution in [0.3, 0.4) is 0 Å². The number of rotatable bonds is 4. The van der Waals surface area contributed by atoms with Crippen molar-refractivity contribution in [2.75, 3.05) is 18.8 Å². The highest BCUT2D eigenvalue weighted by Gasteiger charge is 2.35. The predicted octanol–water partition coefficient (Wildman–Crippen LogP) is 2.98. The molecule has 1 amide bonds. The van der Waals surface area contributed by atoms with E-state index in [1.807, 2.05) is 4.90 Å². The molecule has 0 unspecified atom stereocenters. The molecule has 2 aliphatic rings. The highest BCUT2D eigenvalue weighted by molar-refractivity contribution is 5.98. The van der Waals surface area contributed by atoms with Gasteiger partial charge >= 0.3 is 0 Å².